The first-order chi connectivity index (χ1) is 13.8. The largest absolute Gasteiger partial charge is 0.497 e. The average Bonchev–Trinajstić information content (AvgIpc) is 3.13. The van der Waals surface area contributed by atoms with Gasteiger partial charge < -0.3 is 14.4 Å². The molecule has 1 saturated heterocycles. The molecule has 2 aromatic rings. The molecule has 0 bridgehead atoms. The van der Waals surface area contributed by atoms with Crippen LogP contribution in [0.2, 0.25) is 0 Å². The second-order valence-corrected chi connectivity index (χ2v) is 8.40. The molecule has 2 heterocycles. The van der Waals surface area contributed by atoms with Crippen molar-refractivity contribution in [1.29, 1.82) is 0 Å². The third kappa shape index (κ3) is 3.19. The van der Waals surface area contributed by atoms with Gasteiger partial charge in [0.15, 0.2) is 0 Å². The van der Waals surface area contributed by atoms with Gasteiger partial charge in [0.25, 0.3) is 0 Å². The molecule has 0 unspecified atom stereocenters. The molecule has 148 valence electrons. The van der Waals surface area contributed by atoms with Crippen LogP contribution in [0.25, 0.3) is 0 Å². The number of methoxy groups -OCH3 is 1. The molecule has 3 aliphatic rings. The van der Waals surface area contributed by atoms with Crippen LogP contribution in [0.1, 0.15) is 36.8 Å². The predicted molar refractivity (Wildman–Crippen MR) is 112 cm³/mol. The number of rotatable bonds is 3. The van der Waals surface area contributed by atoms with E-state index in [1.165, 1.54) is 29.7 Å². The fourth-order valence-corrected chi connectivity index (χ4v) is 5.38. The van der Waals surface area contributed by atoms with Crippen molar-refractivity contribution in [2.45, 2.75) is 43.9 Å². The SMILES string of the molecule is COc1cccc(N2CCN(C3CCC4(CC3)OCc3ccccc34)CC2)c1. The lowest BCUT2D eigenvalue weighted by molar-refractivity contribution is -0.0777. The topological polar surface area (TPSA) is 24.9 Å². The van der Waals surface area contributed by atoms with Gasteiger partial charge in [-0.2, -0.15) is 0 Å². The number of hydrogen-bond donors (Lipinski definition) is 0. The van der Waals surface area contributed by atoms with E-state index in [-0.39, 0.29) is 5.60 Å². The third-order valence-corrected chi connectivity index (χ3v) is 7.02. The average molecular weight is 379 g/mol. The Balaban J connectivity index is 1.19. The Morgan fingerprint density at radius 2 is 1.75 bits per heavy atom. The van der Waals surface area contributed by atoms with Gasteiger partial charge in [0.1, 0.15) is 5.75 Å². The van der Waals surface area contributed by atoms with Crippen LogP contribution in [-0.2, 0) is 16.9 Å². The van der Waals surface area contributed by atoms with Crippen molar-refractivity contribution >= 4 is 5.69 Å². The summed E-state index contributed by atoms with van der Waals surface area (Å²) >= 11 is 0. The maximum Gasteiger partial charge on any atom is 0.120 e. The number of anilines is 1. The van der Waals surface area contributed by atoms with E-state index in [4.69, 9.17) is 9.47 Å². The maximum absolute atomic E-state index is 6.35. The quantitative estimate of drug-likeness (QED) is 0.800. The molecule has 2 aromatic carbocycles. The van der Waals surface area contributed by atoms with Crippen molar-refractivity contribution in [2.24, 2.45) is 0 Å². The van der Waals surface area contributed by atoms with Crippen molar-refractivity contribution in [3.05, 3.63) is 59.7 Å². The van der Waals surface area contributed by atoms with Gasteiger partial charge in [-0.15, -0.1) is 0 Å². The zero-order valence-corrected chi connectivity index (χ0v) is 16.8. The van der Waals surface area contributed by atoms with Crippen LogP contribution in [0.4, 0.5) is 5.69 Å². The van der Waals surface area contributed by atoms with Crippen LogP contribution in [-0.4, -0.2) is 44.2 Å². The normalized spacial score (nSPS) is 27.8. The Labute approximate surface area is 168 Å². The summed E-state index contributed by atoms with van der Waals surface area (Å²) in [6.45, 7) is 5.26. The summed E-state index contributed by atoms with van der Waals surface area (Å²) in [6, 6.07) is 18.0. The highest BCUT2D eigenvalue weighted by Gasteiger charge is 2.43. The van der Waals surface area contributed by atoms with Crippen molar-refractivity contribution < 1.29 is 9.47 Å². The van der Waals surface area contributed by atoms with Crippen molar-refractivity contribution in [1.82, 2.24) is 4.90 Å². The zero-order chi connectivity index (χ0) is 19.0. The van der Waals surface area contributed by atoms with Crippen LogP contribution >= 0.6 is 0 Å². The molecule has 0 N–H and O–H groups in total. The smallest absolute Gasteiger partial charge is 0.120 e. The van der Waals surface area contributed by atoms with E-state index in [0.717, 1.165) is 51.4 Å². The maximum atomic E-state index is 6.35. The zero-order valence-electron chi connectivity index (χ0n) is 16.8. The van der Waals surface area contributed by atoms with Gasteiger partial charge in [-0.05, 0) is 48.9 Å². The molecule has 1 aliphatic carbocycles. The van der Waals surface area contributed by atoms with E-state index in [1.807, 2.05) is 6.07 Å². The monoisotopic (exact) mass is 378 g/mol. The highest BCUT2D eigenvalue weighted by molar-refractivity contribution is 5.51. The van der Waals surface area contributed by atoms with Gasteiger partial charge in [-0.1, -0.05) is 30.3 Å². The van der Waals surface area contributed by atoms with E-state index in [0.29, 0.717) is 6.04 Å². The molecule has 0 atom stereocenters. The molecule has 4 heteroatoms. The molecule has 1 spiro atoms. The molecule has 0 radical (unpaired) electrons. The number of nitrogens with zero attached hydrogens (tertiary/aromatic N) is 2. The van der Waals surface area contributed by atoms with Crippen molar-refractivity contribution in [2.75, 3.05) is 38.2 Å². The van der Waals surface area contributed by atoms with Crippen LogP contribution in [0.5, 0.6) is 5.75 Å². The standard InChI is InChI=1S/C24H30N2O2/c1-27-22-7-4-6-21(17-22)26-15-13-25(14-16-26)20-9-11-24(12-10-20)23-8-3-2-5-19(23)18-28-24/h2-8,17,20H,9-16,18H2,1H3. The van der Waals surface area contributed by atoms with E-state index < -0.39 is 0 Å². The molecule has 4 nitrogen and oxygen atoms in total. The molecular formula is C24H30N2O2. The Bertz CT molecular complexity index is 821. The summed E-state index contributed by atoms with van der Waals surface area (Å²) in [4.78, 5) is 5.20. The first kappa shape index (κ1) is 18.0. The number of ether oxygens (including phenoxy) is 2. The second kappa shape index (κ2) is 7.41. The van der Waals surface area contributed by atoms with Crippen LogP contribution in [0.3, 0.4) is 0 Å². The fraction of sp³-hybridized carbons (Fsp3) is 0.500. The summed E-state index contributed by atoms with van der Waals surface area (Å²) in [6.07, 6.45) is 4.80. The lowest BCUT2D eigenvalue weighted by Gasteiger charge is -2.45. The van der Waals surface area contributed by atoms with Gasteiger partial charge in [-0.25, -0.2) is 0 Å². The summed E-state index contributed by atoms with van der Waals surface area (Å²) in [5.41, 5.74) is 4.12. The predicted octanol–water partition coefficient (Wildman–Crippen LogP) is 4.19. The minimum absolute atomic E-state index is 0.00446. The fourth-order valence-electron chi connectivity index (χ4n) is 5.38. The summed E-state index contributed by atoms with van der Waals surface area (Å²) in [5, 5.41) is 0. The van der Waals surface area contributed by atoms with Crippen LogP contribution < -0.4 is 9.64 Å². The number of fused-ring (bicyclic) bond motifs is 2. The molecule has 28 heavy (non-hydrogen) atoms. The van der Waals surface area contributed by atoms with Gasteiger partial charge in [-0.3, -0.25) is 4.90 Å². The minimum Gasteiger partial charge on any atom is -0.497 e. The molecule has 0 amide bonds. The molecule has 5 rings (SSSR count). The Kier molecular flexibility index (Phi) is 4.77. The molecule has 0 aromatic heterocycles. The summed E-state index contributed by atoms with van der Waals surface area (Å²) in [7, 11) is 1.74. The third-order valence-electron chi connectivity index (χ3n) is 7.02. The van der Waals surface area contributed by atoms with Crippen LogP contribution in [0, 0.1) is 0 Å². The van der Waals surface area contributed by atoms with E-state index in [2.05, 4.69) is 52.3 Å². The number of hydrogen-bond acceptors (Lipinski definition) is 4. The Morgan fingerprint density at radius 3 is 2.54 bits per heavy atom. The highest BCUT2D eigenvalue weighted by atomic mass is 16.5. The van der Waals surface area contributed by atoms with Gasteiger partial charge >= 0.3 is 0 Å². The summed E-state index contributed by atoms with van der Waals surface area (Å²) < 4.78 is 11.7. The van der Waals surface area contributed by atoms with Crippen LogP contribution in [0.15, 0.2) is 48.5 Å². The molecule has 2 fully saturated rings. The second-order valence-electron chi connectivity index (χ2n) is 8.40. The number of benzene rings is 2. The number of piperazine rings is 1. The van der Waals surface area contributed by atoms with E-state index in [9.17, 15) is 0 Å². The first-order valence-corrected chi connectivity index (χ1v) is 10.6. The van der Waals surface area contributed by atoms with Crippen molar-refractivity contribution in [3.63, 3.8) is 0 Å². The Hall–Kier alpha value is -2.04. The van der Waals surface area contributed by atoms with E-state index in [1.54, 1.807) is 7.11 Å². The van der Waals surface area contributed by atoms with Gasteiger partial charge in [0.2, 0.25) is 0 Å². The molecular weight excluding hydrogens is 348 g/mol. The van der Waals surface area contributed by atoms with Gasteiger partial charge in [0.05, 0.1) is 19.3 Å². The van der Waals surface area contributed by atoms with Crippen molar-refractivity contribution in [3.8, 4) is 5.75 Å². The molecule has 2 aliphatic heterocycles. The highest BCUT2D eigenvalue weighted by Crippen LogP contribution is 2.47. The summed E-state index contributed by atoms with van der Waals surface area (Å²) in [5.74, 6) is 0.939. The van der Waals surface area contributed by atoms with E-state index >= 15 is 0 Å². The lowest BCUT2D eigenvalue weighted by Crippen LogP contribution is -2.52. The van der Waals surface area contributed by atoms with Gasteiger partial charge in [0, 0.05) is 44.0 Å². The minimum atomic E-state index is -0.00446. The lowest BCUT2D eigenvalue weighted by atomic mass is 9.77. The Morgan fingerprint density at radius 1 is 0.964 bits per heavy atom. The molecule has 1 saturated carbocycles. The first-order valence-electron chi connectivity index (χ1n) is 10.6.